The Morgan fingerprint density at radius 1 is 1.22 bits per heavy atom. The summed E-state index contributed by atoms with van der Waals surface area (Å²) in [4.78, 5) is 32.6. The van der Waals surface area contributed by atoms with Crippen LogP contribution in [-0.4, -0.2) is 28.3 Å². The number of esters is 1. The number of aromatic nitrogens is 2. The number of ether oxygens (including phenoxy) is 1. The van der Waals surface area contributed by atoms with Crippen molar-refractivity contribution in [1.82, 2.24) is 9.97 Å². The highest BCUT2D eigenvalue weighted by Gasteiger charge is 2.25. The van der Waals surface area contributed by atoms with Crippen molar-refractivity contribution in [3.63, 3.8) is 0 Å². The Balaban J connectivity index is 1.63. The first kappa shape index (κ1) is 18.8. The van der Waals surface area contributed by atoms with Crippen LogP contribution in [0, 0.1) is 24.1 Å². The molecule has 1 atom stereocenters. The molecule has 0 spiro atoms. The molecule has 0 N–H and O–H groups in total. The number of Topliss-reactive ketones (excluding diaryl/α,β-unsaturated/α-hetero) is 1. The van der Waals surface area contributed by atoms with Gasteiger partial charge >= 0.3 is 5.97 Å². The molecule has 3 rings (SSSR count). The Kier molecular flexibility index (Phi) is 5.69. The molecular weight excluding hydrogens is 389 g/mol. The number of ketones is 1. The molecule has 6 nitrogen and oxygen atoms in total. The van der Waals surface area contributed by atoms with E-state index in [4.69, 9.17) is 4.74 Å². The maximum absolute atomic E-state index is 13.0. The quantitative estimate of drug-likeness (QED) is 0.584. The van der Waals surface area contributed by atoms with Gasteiger partial charge in [0, 0.05) is 22.0 Å². The number of thiazole rings is 2. The third kappa shape index (κ3) is 4.42. The van der Waals surface area contributed by atoms with E-state index in [-0.39, 0.29) is 11.5 Å². The Morgan fingerprint density at radius 3 is 2.59 bits per heavy atom. The zero-order valence-electron chi connectivity index (χ0n) is 14.0. The highest BCUT2D eigenvalue weighted by atomic mass is 32.1. The largest absolute Gasteiger partial charge is 0.453 e. The van der Waals surface area contributed by atoms with E-state index in [0.717, 1.165) is 5.69 Å². The van der Waals surface area contributed by atoms with Crippen molar-refractivity contribution in [3.8, 4) is 16.6 Å². The van der Waals surface area contributed by atoms with Crippen molar-refractivity contribution >= 4 is 34.4 Å². The van der Waals surface area contributed by atoms with Crippen LogP contribution in [-0.2, 0) is 9.53 Å². The number of benzene rings is 1. The number of hydrogen-bond acceptors (Lipinski definition) is 8. The Morgan fingerprint density at radius 2 is 1.96 bits per heavy atom. The molecule has 3 aromatic rings. The topological polar surface area (TPSA) is 92.9 Å². The highest BCUT2D eigenvalue weighted by Crippen LogP contribution is 2.24. The van der Waals surface area contributed by atoms with E-state index in [9.17, 15) is 19.2 Å². The minimum atomic E-state index is -1.07. The summed E-state index contributed by atoms with van der Waals surface area (Å²) in [5.41, 5.74) is 1.43. The first-order valence-corrected chi connectivity index (χ1v) is 9.47. The van der Waals surface area contributed by atoms with Crippen LogP contribution in [0.2, 0.25) is 0 Å². The first-order valence-electron chi connectivity index (χ1n) is 7.71. The number of aryl methyl sites for hydroxylation is 1. The van der Waals surface area contributed by atoms with E-state index in [1.807, 2.05) is 6.07 Å². The van der Waals surface area contributed by atoms with Gasteiger partial charge in [-0.15, -0.1) is 22.7 Å². The average Bonchev–Trinajstić information content (AvgIpc) is 3.31. The van der Waals surface area contributed by atoms with E-state index in [2.05, 4.69) is 9.97 Å². The lowest BCUT2D eigenvalue weighted by molar-refractivity contribution is -0.122. The predicted octanol–water partition coefficient (Wildman–Crippen LogP) is 3.75. The van der Waals surface area contributed by atoms with Gasteiger partial charge in [0.2, 0.25) is 0 Å². The molecule has 27 heavy (non-hydrogen) atoms. The lowest BCUT2D eigenvalue weighted by Crippen LogP contribution is -2.20. The molecule has 136 valence electrons. The van der Waals surface area contributed by atoms with Gasteiger partial charge < -0.3 is 4.74 Å². The average molecular weight is 401 g/mol. The van der Waals surface area contributed by atoms with Crippen LogP contribution >= 0.6 is 22.7 Å². The molecule has 2 heterocycles. The molecular formula is C18H12FN3O3S2. The van der Waals surface area contributed by atoms with Gasteiger partial charge in [0.25, 0.3) is 0 Å². The molecule has 0 amide bonds. The Bertz CT molecular complexity index is 1020. The number of rotatable bonds is 6. The fourth-order valence-corrected chi connectivity index (χ4v) is 3.81. The Hall–Kier alpha value is -2.96. The standard InChI is InChI=1S/C18H12FN3O3S2/c1-10-8-26-17(21-10)13(6-20)15(23)7-25-18(24)14-9-27-16(22-14)11-2-4-12(19)5-3-11/h2-5,8-9,13H,7H2,1H3/t13-/m0/s1. The van der Waals surface area contributed by atoms with Crippen molar-refractivity contribution < 1.29 is 18.7 Å². The first-order chi connectivity index (χ1) is 13.0. The molecule has 0 saturated heterocycles. The molecule has 0 aliphatic carbocycles. The molecule has 0 unspecified atom stereocenters. The summed E-state index contributed by atoms with van der Waals surface area (Å²) in [5, 5.41) is 13.4. The monoisotopic (exact) mass is 401 g/mol. The molecule has 0 saturated carbocycles. The van der Waals surface area contributed by atoms with Crippen LogP contribution in [0.1, 0.15) is 27.1 Å². The molecule has 0 bridgehead atoms. The minimum absolute atomic E-state index is 0.0470. The summed E-state index contributed by atoms with van der Waals surface area (Å²) < 4.78 is 18.0. The molecule has 2 aromatic heterocycles. The number of halogens is 1. The fourth-order valence-electron chi connectivity index (χ4n) is 2.16. The van der Waals surface area contributed by atoms with E-state index in [0.29, 0.717) is 15.6 Å². The van der Waals surface area contributed by atoms with Gasteiger partial charge in [-0.1, -0.05) is 0 Å². The van der Waals surface area contributed by atoms with Crippen molar-refractivity contribution in [3.05, 3.63) is 57.2 Å². The summed E-state index contributed by atoms with van der Waals surface area (Å²) in [6.07, 6.45) is 0. The molecule has 0 radical (unpaired) electrons. The molecule has 0 fully saturated rings. The van der Waals surface area contributed by atoms with Crippen molar-refractivity contribution in [2.75, 3.05) is 6.61 Å². The number of hydrogen-bond donors (Lipinski definition) is 0. The lowest BCUT2D eigenvalue weighted by Gasteiger charge is -2.05. The van der Waals surface area contributed by atoms with E-state index in [1.54, 1.807) is 24.4 Å². The fraction of sp³-hybridized carbons (Fsp3) is 0.167. The summed E-state index contributed by atoms with van der Waals surface area (Å²) in [5.74, 6) is -2.74. The van der Waals surface area contributed by atoms with Crippen molar-refractivity contribution in [2.45, 2.75) is 12.8 Å². The van der Waals surface area contributed by atoms with Crippen LogP contribution in [0.15, 0.2) is 35.0 Å². The van der Waals surface area contributed by atoms with Gasteiger partial charge in [0.15, 0.2) is 24.0 Å². The van der Waals surface area contributed by atoms with Crippen LogP contribution in [0.25, 0.3) is 10.6 Å². The third-order valence-corrected chi connectivity index (χ3v) is 5.40. The van der Waals surface area contributed by atoms with Crippen LogP contribution in [0.4, 0.5) is 4.39 Å². The van der Waals surface area contributed by atoms with Crippen LogP contribution in [0.3, 0.4) is 0 Å². The third-order valence-electron chi connectivity index (χ3n) is 3.48. The van der Waals surface area contributed by atoms with E-state index in [1.165, 1.54) is 40.2 Å². The number of carbonyl (C=O) groups is 2. The van der Waals surface area contributed by atoms with Gasteiger partial charge in [-0.2, -0.15) is 5.26 Å². The number of carbonyl (C=O) groups excluding carboxylic acids is 2. The van der Waals surface area contributed by atoms with Gasteiger partial charge in [-0.3, -0.25) is 4.79 Å². The predicted molar refractivity (Wildman–Crippen MR) is 98.0 cm³/mol. The second-order valence-corrected chi connectivity index (χ2v) is 7.22. The minimum Gasteiger partial charge on any atom is -0.453 e. The Labute approximate surface area is 161 Å². The van der Waals surface area contributed by atoms with Crippen molar-refractivity contribution in [1.29, 1.82) is 5.26 Å². The van der Waals surface area contributed by atoms with Gasteiger partial charge in [0.05, 0.1) is 6.07 Å². The maximum Gasteiger partial charge on any atom is 0.358 e. The zero-order chi connectivity index (χ0) is 19.4. The van der Waals surface area contributed by atoms with Crippen LogP contribution in [0.5, 0.6) is 0 Å². The van der Waals surface area contributed by atoms with E-state index >= 15 is 0 Å². The van der Waals surface area contributed by atoms with Gasteiger partial charge in [0.1, 0.15) is 15.8 Å². The smallest absolute Gasteiger partial charge is 0.358 e. The van der Waals surface area contributed by atoms with Gasteiger partial charge in [-0.25, -0.2) is 19.2 Å². The molecule has 9 heteroatoms. The highest BCUT2D eigenvalue weighted by molar-refractivity contribution is 7.13. The molecule has 1 aromatic carbocycles. The number of nitriles is 1. The maximum atomic E-state index is 13.0. The second-order valence-electron chi connectivity index (χ2n) is 5.48. The number of nitrogens with zero attached hydrogens (tertiary/aromatic N) is 3. The summed E-state index contributed by atoms with van der Waals surface area (Å²) in [6.45, 7) is 1.22. The normalized spacial score (nSPS) is 11.6. The summed E-state index contributed by atoms with van der Waals surface area (Å²) >= 11 is 2.41. The van der Waals surface area contributed by atoms with Crippen LogP contribution < -0.4 is 0 Å². The molecule has 0 aliphatic rings. The zero-order valence-corrected chi connectivity index (χ0v) is 15.6. The lowest BCUT2D eigenvalue weighted by atomic mass is 10.1. The van der Waals surface area contributed by atoms with Crippen molar-refractivity contribution in [2.24, 2.45) is 0 Å². The second kappa shape index (κ2) is 8.16. The summed E-state index contributed by atoms with van der Waals surface area (Å²) in [7, 11) is 0. The molecule has 0 aliphatic heterocycles. The summed E-state index contributed by atoms with van der Waals surface area (Å²) in [6, 6.07) is 7.60. The SMILES string of the molecule is Cc1csc([C@@H](C#N)C(=O)COC(=O)c2csc(-c3ccc(F)cc3)n2)n1. The van der Waals surface area contributed by atoms with E-state index < -0.39 is 24.3 Å². The van der Waals surface area contributed by atoms with Gasteiger partial charge in [-0.05, 0) is 31.2 Å².